The number of nitrogens with one attached hydrogen (secondary N) is 1. The second-order valence-electron chi connectivity index (χ2n) is 5.12. The molecule has 15 heavy (non-hydrogen) atoms. The van der Waals surface area contributed by atoms with Crippen LogP contribution in [-0.2, 0) is 10.2 Å². The van der Waals surface area contributed by atoms with Crippen molar-refractivity contribution in [2.45, 2.75) is 38.6 Å². The average molecular weight is 226 g/mol. The van der Waals surface area contributed by atoms with Crippen LogP contribution in [0.1, 0.15) is 38.9 Å². The molecule has 0 spiro atoms. The molecule has 1 saturated heterocycles. The van der Waals surface area contributed by atoms with Crippen molar-refractivity contribution in [3.63, 3.8) is 0 Å². The molecule has 1 aliphatic rings. The number of H-pyrrole nitrogens is 1. The molecular weight excluding hydrogens is 208 g/mol. The maximum absolute atomic E-state index is 5.42. The van der Waals surface area contributed by atoms with E-state index in [0.717, 1.165) is 24.4 Å². The summed E-state index contributed by atoms with van der Waals surface area (Å²) >= 11 is 5.33. The van der Waals surface area contributed by atoms with Crippen molar-refractivity contribution in [1.82, 2.24) is 9.55 Å². The van der Waals surface area contributed by atoms with E-state index >= 15 is 0 Å². The fourth-order valence-electron chi connectivity index (χ4n) is 2.04. The molecule has 2 heterocycles. The Morgan fingerprint density at radius 3 is 2.80 bits per heavy atom. The summed E-state index contributed by atoms with van der Waals surface area (Å²) in [7, 11) is 0. The number of aromatic amines is 1. The van der Waals surface area contributed by atoms with Gasteiger partial charge in [-0.2, -0.15) is 0 Å². The Morgan fingerprint density at radius 2 is 2.27 bits per heavy atom. The number of nitrogens with zero attached hydrogens (tertiary/aromatic N) is 1. The van der Waals surface area contributed by atoms with E-state index in [1.165, 1.54) is 5.69 Å². The van der Waals surface area contributed by atoms with Crippen molar-refractivity contribution in [2.75, 3.05) is 13.2 Å². The Kier molecular flexibility index (Phi) is 2.73. The van der Waals surface area contributed by atoms with E-state index in [1.54, 1.807) is 0 Å². The lowest BCUT2D eigenvalue weighted by atomic mass is 9.92. The van der Waals surface area contributed by atoms with Gasteiger partial charge in [-0.25, -0.2) is 0 Å². The summed E-state index contributed by atoms with van der Waals surface area (Å²) in [5.41, 5.74) is 1.39. The molecule has 1 unspecified atom stereocenters. The highest BCUT2D eigenvalue weighted by Gasteiger charge is 2.26. The number of imidazole rings is 1. The second kappa shape index (κ2) is 3.76. The van der Waals surface area contributed by atoms with Crippen LogP contribution in [0.15, 0.2) is 6.20 Å². The number of ether oxygens (including phenoxy) is 1. The van der Waals surface area contributed by atoms with Crippen molar-refractivity contribution in [2.24, 2.45) is 0 Å². The monoisotopic (exact) mass is 226 g/mol. The van der Waals surface area contributed by atoms with E-state index < -0.39 is 0 Å². The van der Waals surface area contributed by atoms with Crippen molar-refractivity contribution in [3.8, 4) is 0 Å². The van der Waals surface area contributed by atoms with E-state index in [9.17, 15) is 0 Å². The Morgan fingerprint density at radius 1 is 1.53 bits per heavy atom. The standard InChI is InChI=1S/C11H18N2OS/c1-11(2,3)9-6-12-10(15)13(9)8-4-5-14-7-8/h6,8H,4-5,7H2,1-3H3,(H,12,15). The van der Waals surface area contributed by atoms with Gasteiger partial charge in [0.25, 0.3) is 0 Å². The molecule has 1 aromatic heterocycles. The average Bonchev–Trinajstić information content (AvgIpc) is 2.69. The Hall–Kier alpha value is -0.610. The zero-order chi connectivity index (χ0) is 11.1. The lowest BCUT2D eigenvalue weighted by molar-refractivity contribution is 0.185. The van der Waals surface area contributed by atoms with E-state index in [0.29, 0.717) is 6.04 Å². The number of hydrogen-bond donors (Lipinski definition) is 1. The second-order valence-corrected chi connectivity index (χ2v) is 5.50. The van der Waals surface area contributed by atoms with Gasteiger partial charge in [0.05, 0.1) is 12.6 Å². The van der Waals surface area contributed by atoms with Crippen LogP contribution in [0.3, 0.4) is 0 Å². The Labute approximate surface area is 95.5 Å². The SMILES string of the molecule is CC(C)(C)c1c[nH]c(=S)n1C1CCOC1. The fourth-order valence-corrected chi connectivity index (χ4v) is 2.35. The molecule has 0 amide bonds. The third kappa shape index (κ3) is 2.01. The van der Waals surface area contributed by atoms with Crippen LogP contribution in [0.25, 0.3) is 0 Å². The summed E-state index contributed by atoms with van der Waals surface area (Å²) in [5.74, 6) is 0. The van der Waals surface area contributed by atoms with E-state index in [4.69, 9.17) is 17.0 Å². The van der Waals surface area contributed by atoms with Crippen molar-refractivity contribution in [3.05, 3.63) is 16.7 Å². The summed E-state index contributed by atoms with van der Waals surface area (Å²) in [4.78, 5) is 3.14. The molecule has 0 bridgehead atoms. The van der Waals surface area contributed by atoms with Crippen LogP contribution >= 0.6 is 12.2 Å². The zero-order valence-electron chi connectivity index (χ0n) is 9.54. The minimum absolute atomic E-state index is 0.121. The first-order valence-electron chi connectivity index (χ1n) is 5.38. The molecule has 0 aliphatic carbocycles. The third-order valence-electron chi connectivity index (χ3n) is 2.85. The predicted molar refractivity (Wildman–Crippen MR) is 62.8 cm³/mol. The highest BCUT2D eigenvalue weighted by atomic mass is 32.1. The van der Waals surface area contributed by atoms with Crippen molar-refractivity contribution in [1.29, 1.82) is 0 Å². The first-order chi connectivity index (χ1) is 7.00. The van der Waals surface area contributed by atoms with Crippen LogP contribution in [0, 0.1) is 4.77 Å². The van der Waals surface area contributed by atoms with E-state index in [2.05, 4.69) is 30.3 Å². The predicted octanol–water partition coefficient (Wildman–Crippen LogP) is 2.80. The number of rotatable bonds is 1. The van der Waals surface area contributed by atoms with Gasteiger partial charge in [0, 0.05) is 23.9 Å². The lowest BCUT2D eigenvalue weighted by Crippen LogP contribution is -2.21. The minimum Gasteiger partial charge on any atom is -0.379 e. The van der Waals surface area contributed by atoms with Gasteiger partial charge < -0.3 is 14.3 Å². The quantitative estimate of drug-likeness (QED) is 0.746. The molecule has 2 rings (SSSR count). The van der Waals surface area contributed by atoms with Gasteiger partial charge in [0.15, 0.2) is 4.77 Å². The van der Waals surface area contributed by atoms with Crippen LogP contribution in [0.5, 0.6) is 0 Å². The summed E-state index contributed by atoms with van der Waals surface area (Å²) in [6.45, 7) is 8.25. The van der Waals surface area contributed by atoms with Gasteiger partial charge in [0.1, 0.15) is 0 Å². The fraction of sp³-hybridized carbons (Fsp3) is 0.727. The molecule has 1 N–H and O–H groups in total. The van der Waals surface area contributed by atoms with Crippen LogP contribution in [-0.4, -0.2) is 22.8 Å². The van der Waals surface area contributed by atoms with Crippen LogP contribution in [0.2, 0.25) is 0 Å². The first kappa shape index (κ1) is 10.9. The summed E-state index contributed by atoms with van der Waals surface area (Å²) in [6, 6.07) is 0.415. The third-order valence-corrected chi connectivity index (χ3v) is 3.16. The summed E-state index contributed by atoms with van der Waals surface area (Å²) in [5, 5.41) is 0. The summed E-state index contributed by atoms with van der Waals surface area (Å²) < 4.78 is 8.46. The Balaban J connectivity index is 2.44. The molecule has 1 aliphatic heterocycles. The topological polar surface area (TPSA) is 29.9 Å². The van der Waals surface area contributed by atoms with Gasteiger partial charge >= 0.3 is 0 Å². The molecule has 1 fully saturated rings. The Bertz CT molecular complexity index is 393. The van der Waals surface area contributed by atoms with Gasteiger partial charge in [-0.05, 0) is 18.6 Å². The molecule has 0 radical (unpaired) electrons. The minimum atomic E-state index is 0.121. The maximum Gasteiger partial charge on any atom is 0.177 e. The molecule has 4 heteroatoms. The molecule has 0 aromatic carbocycles. The van der Waals surface area contributed by atoms with Gasteiger partial charge in [0.2, 0.25) is 0 Å². The normalized spacial score (nSPS) is 22.2. The van der Waals surface area contributed by atoms with E-state index in [1.807, 2.05) is 6.20 Å². The smallest absolute Gasteiger partial charge is 0.177 e. The van der Waals surface area contributed by atoms with Crippen LogP contribution < -0.4 is 0 Å². The van der Waals surface area contributed by atoms with Gasteiger partial charge in [-0.1, -0.05) is 20.8 Å². The zero-order valence-corrected chi connectivity index (χ0v) is 10.4. The molecule has 1 atom stereocenters. The maximum atomic E-state index is 5.42. The van der Waals surface area contributed by atoms with Gasteiger partial charge in [-0.3, -0.25) is 0 Å². The highest BCUT2D eigenvalue weighted by Crippen LogP contribution is 2.28. The highest BCUT2D eigenvalue weighted by molar-refractivity contribution is 7.71. The largest absolute Gasteiger partial charge is 0.379 e. The van der Waals surface area contributed by atoms with Crippen molar-refractivity contribution >= 4 is 12.2 Å². The lowest BCUT2D eigenvalue weighted by Gasteiger charge is -2.23. The molecular formula is C11H18N2OS. The van der Waals surface area contributed by atoms with Crippen LogP contribution in [0.4, 0.5) is 0 Å². The van der Waals surface area contributed by atoms with E-state index in [-0.39, 0.29) is 5.41 Å². The molecule has 0 saturated carbocycles. The van der Waals surface area contributed by atoms with Crippen molar-refractivity contribution < 1.29 is 4.74 Å². The molecule has 3 nitrogen and oxygen atoms in total. The first-order valence-corrected chi connectivity index (χ1v) is 5.79. The molecule has 84 valence electrons. The number of aromatic nitrogens is 2. The number of hydrogen-bond acceptors (Lipinski definition) is 2. The van der Waals surface area contributed by atoms with Gasteiger partial charge in [-0.15, -0.1) is 0 Å². The molecule has 1 aromatic rings. The summed E-state index contributed by atoms with van der Waals surface area (Å²) in [6.07, 6.45) is 3.09.